The highest BCUT2D eigenvalue weighted by Crippen LogP contribution is 2.38. The fourth-order valence-electron chi connectivity index (χ4n) is 5.14. The maximum absolute atomic E-state index is 10.2. The number of aliphatic hydroxyl groups is 1. The number of allylic oxidation sites excluding steroid dienone is 1. The van der Waals surface area contributed by atoms with Crippen molar-refractivity contribution in [3.8, 4) is 6.07 Å². The zero-order valence-corrected chi connectivity index (χ0v) is 20.2. The number of piperidine rings is 1. The molecule has 0 aromatic carbocycles. The van der Waals surface area contributed by atoms with Gasteiger partial charge in [0, 0.05) is 48.8 Å². The van der Waals surface area contributed by atoms with Gasteiger partial charge in [0.2, 0.25) is 0 Å². The molecular formula is C25H34N8O. The van der Waals surface area contributed by atoms with Crippen molar-refractivity contribution in [3.63, 3.8) is 0 Å². The average Bonchev–Trinajstić information content (AvgIpc) is 3.35. The molecule has 0 amide bonds. The third kappa shape index (κ3) is 5.13. The maximum atomic E-state index is 10.2. The lowest BCUT2D eigenvalue weighted by molar-refractivity contribution is 0.0738. The number of nitrogens with one attached hydrogen (secondary N) is 3. The second kappa shape index (κ2) is 9.95. The van der Waals surface area contributed by atoms with Gasteiger partial charge in [0.25, 0.3) is 0 Å². The second-order valence-corrected chi connectivity index (χ2v) is 9.64. The SMILES string of the molecule is C=Nc1cc(Nc2cc(C(C)(C)O)[nH]n2)nc(NC2C[C@H]3CC[C@@H](C2)N3CCC#N)c1/C=C\C. The van der Waals surface area contributed by atoms with Crippen LogP contribution in [0.2, 0.25) is 0 Å². The highest BCUT2D eigenvalue weighted by molar-refractivity contribution is 5.78. The molecule has 2 aromatic heterocycles. The summed E-state index contributed by atoms with van der Waals surface area (Å²) in [6.07, 6.45) is 8.99. The number of fused-ring (bicyclic) bond motifs is 2. The molecule has 1 unspecified atom stereocenters. The Morgan fingerprint density at radius 2 is 2.06 bits per heavy atom. The van der Waals surface area contributed by atoms with Crippen molar-refractivity contribution in [2.24, 2.45) is 4.99 Å². The lowest BCUT2D eigenvalue weighted by Gasteiger charge is -2.39. The Morgan fingerprint density at radius 3 is 2.65 bits per heavy atom. The van der Waals surface area contributed by atoms with Gasteiger partial charge < -0.3 is 15.7 Å². The Kier molecular flexibility index (Phi) is 7.00. The summed E-state index contributed by atoms with van der Waals surface area (Å²) >= 11 is 0. The summed E-state index contributed by atoms with van der Waals surface area (Å²) in [5, 5.41) is 33.2. The number of aromatic amines is 1. The quantitative estimate of drug-likeness (QED) is 0.405. The molecule has 9 nitrogen and oxygen atoms in total. The molecule has 9 heteroatoms. The molecule has 34 heavy (non-hydrogen) atoms. The largest absolute Gasteiger partial charge is 0.384 e. The van der Waals surface area contributed by atoms with Crippen LogP contribution in [0.3, 0.4) is 0 Å². The number of aromatic nitrogens is 3. The number of rotatable bonds is 9. The van der Waals surface area contributed by atoms with E-state index in [4.69, 9.17) is 10.2 Å². The van der Waals surface area contributed by atoms with Crippen LogP contribution in [-0.4, -0.2) is 56.6 Å². The molecule has 0 aliphatic carbocycles. The lowest BCUT2D eigenvalue weighted by Crippen LogP contribution is -2.47. The monoisotopic (exact) mass is 462 g/mol. The van der Waals surface area contributed by atoms with Crippen molar-refractivity contribution in [1.82, 2.24) is 20.1 Å². The van der Waals surface area contributed by atoms with Gasteiger partial charge in [-0.3, -0.25) is 15.0 Å². The third-order valence-electron chi connectivity index (χ3n) is 6.74. The molecule has 2 bridgehead atoms. The summed E-state index contributed by atoms with van der Waals surface area (Å²) in [6, 6.07) is 7.22. The summed E-state index contributed by atoms with van der Waals surface area (Å²) in [4.78, 5) is 11.6. The summed E-state index contributed by atoms with van der Waals surface area (Å²) in [5.74, 6) is 1.92. The van der Waals surface area contributed by atoms with Crippen LogP contribution in [0.15, 0.2) is 23.2 Å². The Bertz CT molecular complexity index is 1080. The highest BCUT2D eigenvalue weighted by atomic mass is 16.3. The molecule has 2 aliphatic rings. The van der Waals surface area contributed by atoms with E-state index in [-0.39, 0.29) is 0 Å². The first-order chi connectivity index (χ1) is 16.3. The molecule has 0 saturated carbocycles. The Hall–Kier alpha value is -3.22. The van der Waals surface area contributed by atoms with Crippen LogP contribution < -0.4 is 10.6 Å². The molecule has 2 aromatic rings. The molecule has 0 spiro atoms. The van der Waals surface area contributed by atoms with Crippen LogP contribution in [0.1, 0.15) is 64.1 Å². The van der Waals surface area contributed by atoms with Gasteiger partial charge in [0.15, 0.2) is 5.82 Å². The van der Waals surface area contributed by atoms with Crippen LogP contribution in [0.4, 0.5) is 23.1 Å². The fraction of sp³-hybridized carbons (Fsp3) is 0.520. The topological polar surface area (TPSA) is 125 Å². The van der Waals surface area contributed by atoms with Crippen LogP contribution in [-0.2, 0) is 5.60 Å². The van der Waals surface area contributed by atoms with Gasteiger partial charge in [-0.25, -0.2) is 4.98 Å². The van der Waals surface area contributed by atoms with E-state index in [0.29, 0.717) is 41.9 Å². The fourth-order valence-corrected chi connectivity index (χ4v) is 5.14. The van der Waals surface area contributed by atoms with Gasteiger partial charge in [0.05, 0.1) is 17.5 Å². The predicted molar refractivity (Wildman–Crippen MR) is 136 cm³/mol. The van der Waals surface area contributed by atoms with E-state index < -0.39 is 5.60 Å². The minimum atomic E-state index is -1.02. The standard InChI is InChI=1S/C25H34N8O/c1-5-7-19-20(27-4)14-22(29-23-15-21(31-32-23)25(2,3)34)30-24(19)28-16-12-17-8-9-18(13-16)33(17)11-6-10-26/h5,7,14-18,34H,4,6,8-9,11-13H2,1-3H3,(H3,28,29,30,31,32)/b7-5-/t16?,17-,18+. The Balaban J connectivity index is 1.57. The first-order valence-corrected chi connectivity index (χ1v) is 11.9. The number of pyridine rings is 1. The third-order valence-corrected chi connectivity index (χ3v) is 6.74. The van der Waals surface area contributed by atoms with Gasteiger partial charge in [0.1, 0.15) is 17.2 Å². The van der Waals surface area contributed by atoms with E-state index in [1.807, 2.05) is 25.1 Å². The lowest BCUT2D eigenvalue weighted by atomic mass is 9.96. The summed E-state index contributed by atoms with van der Waals surface area (Å²) in [6.45, 7) is 10.0. The number of anilines is 3. The first-order valence-electron chi connectivity index (χ1n) is 11.9. The van der Waals surface area contributed by atoms with Gasteiger partial charge in [-0.15, -0.1) is 0 Å². The number of hydrogen-bond donors (Lipinski definition) is 4. The molecule has 2 saturated heterocycles. The molecule has 2 aliphatic heterocycles. The van der Waals surface area contributed by atoms with E-state index in [9.17, 15) is 5.11 Å². The van der Waals surface area contributed by atoms with Crippen molar-refractivity contribution >= 4 is 35.9 Å². The number of aliphatic imine (C=N–C) groups is 1. The normalized spacial score (nSPS) is 22.6. The van der Waals surface area contributed by atoms with Crippen LogP contribution >= 0.6 is 0 Å². The van der Waals surface area contributed by atoms with Gasteiger partial charge in [-0.05, 0) is 53.2 Å². The summed E-state index contributed by atoms with van der Waals surface area (Å²) in [5.41, 5.74) is 1.23. The Morgan fingerprint density at radius 1 is 1.32 bits per heavy atom. The van der Waals surface area contributed by atoms with E-state index in [2.05, 4.69) is 43.5 Å². The predicted octanol–water partition coefficient (Wildman–Crippen LogP) is 4.46. The number of H-pyrrole nitrogens is 1. The number of nitriles is 1. The zero-order valence-electron chi connectivity index (χ0n) is 20.2. The zero-order chi connectivity index (χ0) is 24.3. The van der Waals surface area contributed by atoms with E-state index >= 15 is 0 Å². The van der Waals surface area contributed by atoms with Crippen molar-refractivity contribution in [1.29, 1.82) is 5.26 Å². The second-order valence-electron chi connectivity index (χ2n) is 9.64. The smallest absolute Gasteiger partial charge is 0.153 e. The number of nitrogens with zero attached hydrogens (tertiary/aromatic N) is 5. The van der Waals surface area contributed by atoms with Gasteiger partial charge in [-0.2, -0.15) is 10.4 Å². The summed E-state index contributed by atoms with van der Waals surface area (Å²) < 4.78 is 0. The molecule has 4 heterocycles. The molecule has 2 fully saturated rings. The maximum Gasteiger partial charge on any atom is 0.153 e. The van der Waals surface area contributed by atoms with Crippen molar-refractivity contribution in [2.45, 2.75) is 76.6 Å². The molecular weight excluding hydrogens is 428 g/mol. The van der Waals surface area contributed by atoms with Crippen molar-refractivity contribution < 1.29 is 5.11 Å². The number of hydrogen-bond acceptors (Lipinski definition) is 8. The summed E-state index contributed by atoms with van der Waals surface area (Å²) in [7, 11) is 0. The molecule has 4 N–H and O–H groups in total. The van der Waals surface area contributed by atoms with E-state index in [1.165, 1.54) is 12.8 Å². The van der Waals surface area contributed by atoms with E-state index in [0.717, 1.165) is 36.5 Å². The highest BCUT2D eigenvalue weighted by Gasteiger charge is 2.40. The molecule has 4 rings (SSSR count). The minimum Gasteiger partial charge on any atom is -0.384 e. The van der Waals surface area contributed by atoms with Crippen LogP contribution in [0.25, 0.3) is 6.08 Å². The van der Waals surface area contributed by atoms with Crippen LogP contribution in [0, 0.1) is 11.3 Å². The molecule has 3 atom stereocenters. The Labute approximate surface area is 201 Å². The van der Waals surface area contributed by atoms with Crippen LogP contribution in [0.5, 0.6) is 0 Å². The molecule has 0 radical (unpaired) electrons. The van der Waals surface area contributed by atoms with Crippen molar-refractivity contribution in [2.75, 3.05) is 17.2 Å². The molecule has 180 valence electrons. The first kappa shape index (κ1) is 23.9. The van der Waals surface area contributed by atoms with Crippen molar-refractivity contribution in [3.05, 3.63) is 29.5 Å². The van der Waals surface area contributed by atoms with Gasteiger partial charge >= 0.3 is 0 Å². The minimum absolute atomic E-state index is 0.299. The van der Waals surface area contributed by atoms with E-state index in [1.54, 1.807) is 19.9 Å². The van der Waals surface area contributed by atoms with Gasteiger partial charge in [-0.1, -0.05) is 12.2 Å². The average molecular weight is 463 g/mol.